The summed E-state index contributed by atoms with van der Waals surface area (Å²) in [6.07, 6.45) is 1.66. The van der Waals surface area contributed by atoms with E-state index in [1.165, 1.54) is 12.1 Å². The Bertz CT molecular complexity index is 902. The average molecular weight is 305 g/mol. The van der Waals surface area contributed by atoms with Gasteiger partial charge in [0.1, 0.15) is 5.82 Å². The van der Waals surface area contributed by atoms with Crippen molar-refractivity contribution in [1.29, 1.82) is 0 Å². The third-order valence-electron chi connectivity index (χ3n) is 3.12. The van der Waals surface area contributed by atoms with Gasteiger partial charge in [0.15, 0.2) is 0 Å². The number of nitrogens with one attached hydrogen (secondary N) is 1. The fraction of sp³-hybridized carbons (Fsp3) is 0.0714. The zero-order valence-corrected chi connectivity index (χ0v) is 11.9. The molecule has 108 valence electrons. The van der Waals surface area contributed by atoms with Crippen molar-refractivity contribution < 1.29 is 12.8 Å². The minimum absolute atomic E-state index is 0.00943. The predicted molar refractivity (Wildman–Crippen MR) is 77.9 cm³/mol. The number of rotatable bonds is 3. The summed E-state index contributed by atoms with van der Waals surface area (Å²) in [5, 5.41) is 4.93. The number of nitrogens with zero attached hydrogens (tertiary/aromatic N) is 2. The molecule has 0 bridgehead atoms. The smallest absolute Gasteiger partial charge is 0.261 e. The van der Waals surface area contributed by atoms with Crippen molar-refractivity contribution in [3.63, 3.8) is 0 Å². The molecule has 7 heteroatoms. The lowest BCUT2D eigenvalue weighted by molar-refractivity contribution is 0.599. The Labute approximate surface area is 121 Å². The van der Waals surface area contributed by atoms with Crippen LogP contribution >= 0.6 is 0 Å². The van der Waals surface area contributed by atoms with Crippen molar-refractivity contribution in [3.8, 4) is 0 Å². The number of anilines is 1. The maximum absolute atomic E-state index is 12.9. The number of halogens is 1. The summed E-state index contributed by atoms with van der Waals surface area (Å²) < 4.78 is 41.4. The van der Waals surface area contributed by atoms with Gasteiger partial charge in [-0.2, -0.15) is 5.10 Å². The molecule has 0 saturated heterocycles. The molecule has 0 aliphatic rings. The molecule has 1 aromatic heterocycles. The van der Waals surface area contributed by atoms with Gasteiger partial charge in [0, 0.05) is 18.1 Å². The van der Waals surface area contributed by atoms with E-state index in [4.69, 9.17) is 0 Å². The van der Waals surface area contributed by atoms with Crippen molar-refractivity contribution in [1.82, 2.24) is 9.78 Å². The van der Waals surface area contributed by atoms with Gasteiger partial charge in [0.2, 0.25) is 0 Å². The van der Waals surface area contributed by atoms with Crippen molar-refractivity contribution in [2.45, 2.75) is 4.90 Å². The predicted octanol–water partition coefficient (Wildman–Crippen LogP) is 2.51. The lowest BCUT2D eigenvalue weighted by Gasteiger charge is -2.08. The summed E-state index contributed by atoms with van der Waals surface area (Å²) in [7, 11) is -1.93. The minimum atomic E-state index is -3.74. The van der Waals surface area contributed by atoms with Crippen LogP contribution in [-0.2, 0) is 17.1 Å². The minimum Gasteiger partial charge on any atom is -0.280 e. The highest BCUT2D eigenvalue weighted by Gasteiger charge is 2.14. The molecule has 0 aliphatic carbocycles. The Morgan fingerprint density at radius 2 is 1.86 bits per heavy atom. The summed E-state index contributed by atoms with van der Waals surface area (Å²) in [6.45, 7) is 0. The largest absolute Gasteiger partial charge is 0.280 e. The van der Waals surface area contributed by atoms with Crippen LogP contribution in [0.3, 0.4) is 0 Å². The molecule has 0 atom stereocenters. The van der Waals surface area contributed by atoms with Gasteiger partial charge in [-0.05, 0) is 42.5 Å². The molecule has 0 radical (unpaired) electrons. The van der Waals surface area contributed by atoms with Gasteiger partial charge in [-0.15, -0.1) is 0 Å². The van der Waals surface area contributed by atoms with Gasteiger partial charge in [0.25, 0.3) is 10.0 Å². The second-order valence-corrected chi connectivity index (χ2v) is 6.28. The Kier molecular flexibility index (Phi) is 3.13. The van der Waals surface area contributed by atoms with E-state index in [0.717, 1.165) is 23.0 Å². The topological polar surface area (TPSA) is 64.0 Å². The van der Waals surface area contributed by atoms with Crippen LogP contribution < -0.4 is 4.72 Å². The number of hydrogen-bond donors (Lipinski definition) is 1. The maximum atomic E-state index is 12.9. The highest BCUT2D eigenvalue weighted by Crippen LogP contribution is 2.21. The number of fused-ring (bicyclic) bond motifs is 1. The fourth-order valence-electron chi connectivity index (χ4n) is 2.05. The average Bonchev–Trinajstić information content (AvgIpc) is 2.80. The van der Waals surface area contributed by atoms with Crippen molar-refractivity contribution in [2.75, 3.05) is 4.72 Å². The Hall–Kier alpha value is -2.41. The van der Waals surface area contributed by atoms with Crippen molar-refractivity contribution in [2.24, 2.45) is 7.05 Å². The quantitative estimate of drug-likeness (QED) is 0.808. The maximum Gasteiger partial charge on any atom is 0.261 e. The summed E-state index contributed by atoms with van der Waals surface area (Å²) in [5.41, 5.74) is 1.33. The van der Waals surface area contributed by atoms with Gasteiger partial charge in [-0.3, -0.25) is 9.40 Å². The molecule has 0 fully saturated rings. The highest BCUT2D eigenvalue weighted by molar-refractivity contribution is 7.92. The molecule has 0 amide bonds. The third kappa shape index (κ3) is 2.59. The van der Waals surface area contributed by atoms with Crippen LogP contribution in [0.2, 0.25) is 0 Å². The number of hydrogen-bond acceptors (Lipinski definition) is 3. The molecule has 0 saturated carbocycles. The zero-order chi connectivity index (χ0) is 15.0. The molecule has 3 rings (SSSR count). The molecule has 21 heavy (non-hydrogen) atoms. The van der Waals surface area contributed by atoms with Gasteiger partial charge >= 0.3 is 0 Å². The Morgan fingerprint density at radius 1 is 1.14 bits per heavy atom. The standard InChI is InChI=1S/C14H12FN3O2S/c1-18-14-7-4-12(8-10(14)9-16-18)17-21(19,20)13-5-2-11(15)3-6-13/h2-9,17H,1H3. The van der Waals surface area contributed by atoms with Crippen LogP contribution in [0.25, 0.3) is 10.9 Å². The van der Waals surface area contributed by atoms with Gasteiger partial charge in [0.05, 0.1) is 16.6 Å². The summed E-state index contributed by atoms with van der Waals surface area (Å²) in [4.78, 5) is 0.00943. The Balaban J connectivity index is 1.95. The summed E-state index contributed by atoms with van der Waals surface area (Å²) in [6, 6.07) is 9.80. The fourth-order valence-corrected chi connectivity index (χ4v) is 3.10. The first kappa shape index (κ1) is 13.6. The van der Waals surface area contributed by atoms with E-state index >= 15 is 0 Å². The van der Waals surface area contributed by atoms with Gasteiger partial charge < -0.3 is 0 Å². The van der Waals surface area contributed by atoms with E-state index in [0.29, 0.717) is 5.69 Å². The zero-order valence-electron chi connectivity index (χ0n) is 11.1. The van der Waals surface area contributed by atoms with Gasteiger partial charge in [-0.25, -0.2) is 12.8 Å². The number of aromatic nitrogens is 2. The van der Waals surface area contributed by atoms with E-state index in [9.17, 15) is 12.8 Å². The van der Waals surface area contributed by atoms with Crippen LogP contribution in [0.4, 0.5) is 10.1 Å². The first-order valence-corrected chi connectivity index (χ1v) is 7.64. The second kappa shape index (κ2) is 4.85. The van der Waals surface area contributed by atoms with Crippen LogP contribution in [-0.4, -0.2) is 18.2 Å². The molecule has 0 unspecified atom stereocenters. The lowest BCUT2D eigenvalue weighted by atomic mass is 10.2. The van der Waals surface area contributed by atoms with Crippen molar-refractivity contribution >= 4 is 26.6 Å². The molecule has 1 N–H and O–H groups in total. The Morgan fingerprint density at radius 3 is 2.57 bits per heavy atom. The molecular formula is C14H12FN3O2S. The van der Waals surface area contributed by atoms with E-state index in [1.54, 1.807) is 29.1 Å². The molecule has 5 nitrogen and oxygen atoms in total. The second-order valence-electron chi connectivity index (χ2n) is 4.60. The highest BCUT2D eigenvalue weighted by atomic mass is 32.2. The van der Waals surface area contributed by atoms with E-state index in [1.807, 2.05) is 7.05 Å². The lowest BCUT2D eigenvalue weighted by Crippen LogP contribution is -2.12. The molecule has 3 aromatic rings. The number of aryl methyl sites for hydroxylation is 1. The molecule has 2 aromatic carbocycles. The van der Waals surface area contributed by atoms with E-state index < -0.39 is 15.8 Å². The van der Waals surface area contributed by atoms with E-state index in [-0.39, 0.29) is 4.90 Å². The summed E-state index contributed by atoms with van der Waals surface area (Å²) >= 11 is 0. The third-order valence-corrected chi connectivity index (χ3v) is 4.52. The molecule has 1 heterocycles. The van der Waals surface area contributed by atoms with Crippen molar-refractivity contribution in [3.05, 3.63) is 54.5 Å². The normalized spacial score (nSPS) is 11.7. The summed E-state index contributed by atoms with van der Waals surface area (Å²) in [5.74, 6) is -0.481. The first-order chi connectivity index (χ1) is 9.95. The molecular weight excluding hydrogens is 293 g/mol. The molecule has 0 spiro atoms. The van der Waals surface area contributed by atoms with Gasteiger partial charge in [-0.1, -0.05) is 0 Å². The number of benzene rings is 2. The molecule has 0 aliphatic heterocycles. The van der Waals surface area contributed by atoms with E-state index in [2.05, 4.69) is 9.82 Å². The SMILES string of the molecule is Cn1ncc2cc(NS(=O)(=O)c3ccc(F)cc3)ccc21. The first-order valence-electron chi connectivity index (χ1n) is 6.16. The van der Waals surface area contributed by atoms with Crippen LogP contribution in [0.1, 0.15) is 0 Å². The number of sulfonamides is 1. The van der Waals surface area contributed by atoms with Crippen LogP contribution in [0.15, 0.2) is 53.6 Å². The monoisotopic (exact) mass is 305 g/mol. The van der Waals surface area contributed by atoms with Crippen LogP contribution in [0, 0.1) is 5.82 Å². The van der Waals surface area contributed by atoms with Crippen LogP contribution in [0.5, 0.6) is 0 Å².